The average molecular weight is 340 g/mol. The van der Waals surface area contributed by atoms with Gasteiger partial charge in [-0.15, -0.1) is 0 Å². The predicted octanol–water partition coefficient (Wildman–Crippen LogP) is 3.24. The minimum atomic E-state index is -0.575. The van der Waals surface area contributed by atoms with Gasteiger partial charge in [0.05, 0.1) is 11.8 Å². The van der Waals surface area contributed by atoms with Gasteiger partial charge in [0.15, 0.2) is 0 Å². The quantitative estimate of drug-likeness (QED) is 0.878. The molecule has 25 heavy (non-hydrogen) atoms. The molecule has 3 rings (SSSR count). The number of rotatable bonds is 5. The molecule has 1 unspecified atom stereocenters. The Morgan fingerprint density at radius 3 is 2.44 bits per heavy atom. The highest BCUT2D eigenvalue weighted by molar-refractivity contribution is 5.97. The third-order valence-electron chi connectivity index (χ3n) is 4.87. The monoisotopic (exact) mass is 340 g/mol. The van der Waals surface area contributed by atoms with Crippen LogP contribution in [0, 0.1) is 0 Å². The molecule has 1 saturated carbocycles. The van der Waals surface area contributed by atoms with E-state index in [4.69, 9.17) is 4.42 Å². The van der Waals surface area contributed by atoms with Gasteiger partial charge in [-0.1, -0.05) is 30.3 Å². The van der Waals surface area contributed by atoms with Crippen molar-refractivity contribution in [3.05, 3.63) is 60.1 Å². The van der Waals surface area contributed by atoms with Crippen LogP contribution in [0.5, 0.6) is 0 Å². The summed E-state index contributed by atoms with van der Waals surface area (Å²) in [6.45, 7) is 1.70. The van der Waals surface area contributed by atoms with Gasteiger partial charge in [-0.3, -0.25) is 9.59 Å². The average Bonchev–Trinajstić information content (AvgIpc) is 3.18. The number of carbonyl (C=O) groups is 2. The highest BCUT2D eigenvalue weighted by Gasteiger charge is 2.25. The van der Waals surface area contributed by atoms with Gasteiger partial charge >= 0.3 is 0 Å². The molecular formula is C20H24N2O3. The van der Waals surface area contributed by atoms with Crippen molar-refractivity contribution in [3.8, 4) is 0 Å². The molecule has 1 heterocycles. The highest BCUT2D eigenvalue weighted by Crippen LogP contribution is 2.32. The van der Waals surface area contributed by atoms with Crippen LogP contribution in [0.25, 0.3) is 0 Å². The number of hydrogen-bond acceptors (Lipinski definition) is 3. The molecule has 1 atom stereocenters. The number of benzene rings is 1. The second-order valence-electron chi connectivity index (χ2n) is 6.67. The van der Waals surface area contributed by atoms with Crippen LogP contribution in [0.1, 0.15) is 54.4 Å². The number of hydrogen-bond donors (Lipinski definition) is 2. The second kappa shape index (κ2) is 8.01. The van der Waals surface area contributed by atoms with Crippen LogP contribution in [0.4, 0.5) is 0 Å². The first kappa shape index (κ1) is 17.3. The van der Waals surface area contributed by atoms with Crippen LogP contribution in [-0.4, -0.2) is 23.9 Å². The largest absolute Gasteiger partial charge is 0.472 e. The van der Waals surface area contributed by atoms with Crippen molar-refractivity contribution in [1.29, 1.82) is 0 Å². The highest BCUT2D eigenvalue weighted by atomic mass is 16.3. The molecule has 1 aromatic carbocycles. The Balaban J connectivity index is 1.45. The third-order valence-corrected chi connectivity index (χ3v) is 4.87. The zero-order chi connectivity index (χ0) is 17.6. The first-order valence-electron chi connectivity index (χ1n) is 8.82. The molecule has 0 aliphatic heterocycles. The maximum atomic E-state index is 12.3. The smallest absolute Gasteiger partial charge is 0.255 e. The van der Waals surface area contributed by atoms with Crippen LogP contribution in [-0.2, 0) is 4.79 Å². The molecule has 1 aliphatic carbocycles. The number of nitrogens with one attached hydrogen (secondary N) is 2. The van der Waals surface area contributed by atoms with Crippen molar-refractivity contribution in [2.24, 2.45) is 0 Å². The van der Waals surface area contributed by atoms with E-state index in [2.05, 4.69) is 34.9 Å². The van der Waals surface area contributed by atoms with E-state index in [0.29, 0.717) is 11.5 Å². The molecule has 0 saturated heterocycles. The summed E-state index contributed by atoms with van der Waals surface area (Å²) in [5, 5.41) is 5.76. The first-order valence-corrected chi connectivity index (χ1v) is 8.82. The zero-order valence-corrected chi connectivity index (χ0v) is 14.4. The first-order chi connectivity index (χ1) is 12.1. The van der Waals surface area contributed by atoms with Crippen LogP contribution in [0.15, 0.2) is 53.3 Å². The molecule has 1 aromatic heterocycles. The lowest BCUT2D eigenvalue weighted by Gasteiger charge is -2.30. The Labute approximate surface area is 147 Å². The standard InChI is InChI=1S/C20H24N2O3/c1-14(21-20(24)17-11-12-25-13-17)19(23)22-18-9-7-16(8-10-18)15-5-3-2-4-6-15/h2-6,11-14,16,18H,7-10H2,1H3,(H,21,24)(H,22,23). The lowest BCUT2D eigenvalue weighted by molar-refractivity contribution is -0.123. The van der Waals surface area contributed by atoms with E-state index in [1.165, 1.54) is 18.1 Å². The van der Waals surface area contributed by atoms with Gasteiger partial charge in [-0.25, -0.2) is 0 Å². The van der Waals surface area contributed by atoms with Gasteiger partial charge in [0, 0.05) is 6.04 Å². The van der Waals surface area contributed by atoms with Crippen molar-refractivity contribution in [3.63, 3.8) is 0 Å². The van der Waals surface area contributed by atoms with E-state index in [1.54, 1.807) is 13.0 Å². The molecule has 5 heteroatoms. The summed E-state index contributed by atoms with van der Waals surface area (Å²) in [5.74, 6) is 0.136. The summed E-state index contributed by atoms with van der Waals surface area (Å²) in [6, 6.07) is 11.7. The van der Waals surface area contributed by atoms with Gasteiger partial charge in [0.25, 0.3) is 5.91 Å². The Morgan fingerprint density at radius 2 is 1.80 bits per heavy atom. The van der Waals surface area contributed by atoms with E-state index >= 15 is 0 Å². The maximum Gasteiger partial charge on any atom is 0.255 e. The van der Waals surface area contributed by atoms with Gasteiger partial charge in [0.2, 0.25) is 5.91 Å². The van der Waals surface area contributed by atoms with Crippen molar-refractivity contribution < 1.29 is 14.0 Å². The molecular weight excluding hydrogens is 316 g/mol. The van der Waals surface area contributed by atoms with E-state index in [1.807, 2.05) is 6.07 Å². The number of carbonyl (C=O) groups excluding carboxylic acids is 2. The number of amides is 2. The van der Waals surface area contributed by atoms with Crippen molar-refractivity contribution in [2.45, 2.75) is 50.6 Å². The lowest BCUT2D eigenvalue weighted by Crippen LogP contribution is -2.48. The molecule has 132 valence electrons. The molecule has 1 aliphatic rings. The lowest BCUT2D eigenvalue weighted by atomic mass is 9.82. The van der Waals surface area contributed by atoms with Gasteiger partial charge in [0.1, 0.15) is 12.3 Å². The Bertz CT molecular complexity index is 689. The molecule has 1 fully saturated rings. The van der Waals surface area contributed by atoms with Gasteiger partial charge < -0.3 is 15.1 Å². The van der Waals surface area contributed by atoms with E-state index < -0.39 is 6.04 Å². The van der Waals surface area contributed by atoms with Crippen LogP contribution < -0.4 is 10.6 Å². The molecule has 2 amide bonds. The molecule has 2 aromatic rings. The predicted molar refractivity (Wildman–Crippen MR) is 95.2 cm³/mol. The van der Waals surface area contributed by atoms with Gasteiger partial charge in [-0.05, 0) is 50.2 Å². The topological polar surface area (TPSA) is 71.3 Å². The van der Waals surface area contributed by atoms with E-state index in [9.17, 15) is 9.59 Å². The molecule has 0 bridgehead atoms. The Kier molecular flexibility index (Phi) is 5.53. The van der Waals surface area contributed by atoms with Crippen LogP contribution in [0.2, 0.25) is 0 Å². The third kappa shape index (κ3) is 4.50. The zero-order valence-electron chi connectivity index (χ0n) is 14.4. The van der Waals surface area contributed by atoms with Gasteiger partial charge in [-0.2, -0.15) is 0 Å². The summed E-state index contributed by atoms with van der Waals surface area (Å²) >= 11 is 0. The minimum absolute atomic E-state index is 0.139. The van der Waals surface area contributed by atoms with Crippen LogP contribution >= 0.6 is 0 Å². The fraction of sp³-hybridized carbons (Fsp3) is 0.400. The SMILES string of the molecule is CC(NC(=O)c1ccoc1)C(=O)NC1CCC(c2ccccc2)CC1. The maximum absolute atomic E-state index is 12.3. The van der Waals surface area contributed by atoms with E-state index in [0.717, 1.165) is 25.7 Å². The van der Waals surface area contributed by atoms with Crippen molar-refractivity contribution in [2.75, 3.05) is 0 Å². The molecule has 0 spiro atoms. The summed E-state index contributed by atoms with van der Waals surface area (Å²) in [7, 11) is 0. The summed E-state index contributed by atoms with van der Waals surface area (Å²) in [6.07, 6.45) is 6.88. The summed E-state index contributed by atoms with van der Waals surface area (Å²) < 4.78 is 4.88. The fourth-order valence-electron chi connectivity index (χ4n) is 3.36. The Morgan fingerprint density at radius 1 is 1.08 bits per heavy atom. The summed E-state index contributed by atoms with van der Waals surface area (Å²) in [5.41, 5.74) is 1.80. The Hall–Kier alpha value is -2.56. The molecule has 0 radical (unpaired) electrons. The summed E-state index contributed by atoms with van der Waals surface area (Å²) in [4.78, 5) is 24.3. The molecule has 5 nitrogen and oxygen atoms in total. The van der Waals surface area contributed by atoms with Crippen molar-refractivity contribution >= 4 is 11.8 Å². The second-order valence-corrected chi connectivity index (χ2v) is 6.67. The van der Waals surface area contributed by atoms with Crippen LogP contribution in [0.3, 0.4) is 0 Å². The van der Waals surface area contributed by atoms with E-state index in [-0.39, 0.29) is 17.9 Å². The molecule has 2 N–H and O–H groups in total. The number of furan rings is 1. The fourth-order valence-corrected chi connectivity index (χ4v) is 3.36. The minimum Gasteiger partial charge on any atom is -0.472 e. The normalized spacial score (nSPS) is 21.3. The van der Waals surface area contributed by atoms with Crippen molar-refractivity contribution in [1.82, 2.24) is 10.6 Å².